The summed E-state index contributed by atoms with van der Waals surface area (Å²) in [5.41, 5.74) is 1.33. The topological polar surface area (TPSA) is 93.0 Å². The van der Waals surface area contributed by atoms with Crippen LogP contribution in [0.2, 0.25) is 18.1 Å². The molecular formula is C28H50N2O5Si. The number of rotatable bonds is 18. The van der Waals surface area contributed by atoms with E-state index in [2.05, 4.69) is 33.0 Å². The van der Waals surface area contributed by atoms with Crippen molar-refractivity contribution in [3.8, 4) is 11.8 Å². The molecule has 0 spiro atoms. The zero-order valence-corrected chi connectivity index (χ0v) is 24.1. The molecule has 1 unspecified atom stereocenters. The van der Waals surface area contributed by atoms with E-state index in [0.29, 0.717) is 17.7 Å². The molecule has 3 atom stereocenters. The van der Waals surface area contributed by atoms with Gasteiger partial charge in [-0.25, -0.2) is 0 Å². The van der Waals surface area contributed by atoms with Crippen LogP contribution in [0.4, 0.5) is 0 Å². The lowest BCUT2D eigenvalue weighted by molar-refractivity contribution is -0.125. The van der Waals surface area contributed by atoms with E-state index >= 15 is 0 Å². The number of hydrogen-bond acceptors (Lipinski definition) is 5. The van der Waals surface area contributed by atoms with Gasteiger partial charge in [0.2, 0.25) is 17.7 Å². The standard InChI is InChI=1S/C28H50N2O5Si/c1-5-9-13-16-29-26(31)21(20-34-36(17-10-6-2,18-11-7-3)19-12-8-4)30-27(32)24-22-14-15-23(35-22)25(24)28(30)33/h21-23,32-33H,5-20H2,1-4H3,(H,29,31)/t21?,22-,23+. The second kappa shape index (κ2) is 13.9. The highest BCUT2D eigenvalue weighted by Crippen LogP contribution is 2.58. The van der Waals surface area contributed by atoms with Crippen molar-refractivity contribution in [3.05, 3.63) is 11.1 Å². The summed E-state index contributed by atoms with van der Waals surface area (Å²) in [6.45, 7) is 9.58. The average molecular weight is 523 g/mol. The van der Waals surface area contributed by atoms with Gasteiger partial charge in [0.25, 0.3) is 0 Å². The predicted octanol–water partition coefficient (Wildman–Crippen LogP) is 7.02. The molecule has 7 nitrogen and oxygen atoms in total. The van der Waals surface area contributed by atoms with Gasteiger partial charge in [-0.3, -0.25) is 9.36 Å². The minimum absolute atomic E-state index is 0.0325. The molecular weight excluding hydrogens is 472 g/mol. The highest BCUT2D eigenvalue weighted by atomic mass is 28.4. The third-order valence-corrected chi connectivity index (χ3v) is 12.7. The summed E-state index contributed by atoms with van der Waals surface area (Å²) in [4.78, 5) is 13.5. The maximum Gasteiger partial charge on any atom is 0.245 e. The first-order chi connectivity index (χ1) is 17.4. The fourth-order valence-electron chi connectivity index (χ4n) is 5.91. The van der Waals surface area contributed by atoms with E-state index in [1.807, 2.05) is 0 Å². The first kappa shape index (κ1) is 29.0. The number of nitrogens with one attached hydrogen (secondary N) is 1. The number of aromatic hydroxyl groups is 2. The molecule has 2 aliphatic rings. The Labute approximate surface area is 219 Å². The summed E-state index contributed by atoms with van der Waals surface area (Å²) in [7, 11) is -2.08. The minimum atomic E-state index is -2.08. The van der Waals surface area contributed by atoms with Crippen LogP contribution in [-0.2, 0) is 14.0 Å². The van der Waals surface area contributed by atoms with Crippen LogP contribution in [-0.4, -0.2) is 42.2 Å². The number of unbranched alkanes of at least 4 members (excludes halogenated alkanes) is 5. The van der Waals surface area contributed by atoms with Gasteiger partial charge in [-0.1, -0.05) is 79.1 Å². The Morgan fingerprint density at radius 2 is 1.42 bits per heavy atom. The molecule has 0 aliphatic carbocycles. The Kier molecular flexibility index (Phi) is 11.2. The molecule has 8 heteroatoms. The number of carbonyl (C=O) groups excluding carboxylic acids is 1. The Balaban J connectivity index is 1.89. The third kappa shape index (κ3) is 6.48. The maximum atomic E-state index is 13.5. The van der Waals surface area contributed by atoms with Gasteiger partial charge in [0, 0.05) is 6.54 Å². The van der Waals surface area contributed by atoms with E-state index in [1.165, 1.54) is 4.57 Å². The van der Waals surface area contributed by atoms with Gasteiger partial charge in [0.1, 0.15) is 6.04 Å². The summed E-state index contributed by atoms with van der Waals surface area (Å²) in [6.07, 6.45) is 11.1. The van der Waals surface area contributed by atoms with Gasteiger partial charge >= 0.3 is 0 Å². The van der Waals surface area contributed by atoms with Gasteiger partial charge in [0.15, 0.2) is 8.32 Å². The molecule has 3 rings (SSSR count). The van der Waals surface area contributed by atoms with Crippen molar-refractivity contribution >= 4 is 14.2 Å². The fraction of sp³-hybridized carbons (Fsp3) is 0.821. The molecule has 1 aromatic heterocycles. The molecule has 1 amide bonds. The van der Waals surface area contributed by atoms with Gasteiger partial charge in [0.05, 0.1) is 29.9 Å². The van der Waals surface area contributed by atoms with E-state index in [1.54, 1.807) is 0 Å². The van der Waals surface area contributed by atoms with E-state index in [4.69, 9.17) is 9.16 Å². The van der Waals surface area contributed by atoms with Crippen LogP contribution in [0.15, 0.2) is 0 Å². The molecule has 0 saturated carbocycles. The second-order valence-electron chi connectivity index (χ2n) is 10.9. The normalized spacial score (nSPS) is 19.6. The van der Waals surface area contributed by atoms with Crippen LogP contribution < -0.4 is 5.32 Å². The lowest BCUT2D eigenvalue weighted by Gasteiger charge is -2.34. The smallest absolute Gasteiger partial charge is 0.245 e. The van der Waals surface area contributed by atoms with E-state index in [0.717, 1.165) is 88.8 Å². The zero-order valence-electron chi connectivity index (χ0n) is 23.1. The van der Waals surface area contributed by atoms with Crippen LogP contribution >= 0.6 is 0 Å². The lowest BCUT2D eigenvalue weighted by Crippen LogP contribution is -2.43. The van der Waals surface area contributed by atoms with Crippen LogP contribution in [0.3, 0.4) is 0 Å². The molecule has 0 aromatic carbocycles. The largest absolute Gasteiger partial charge is 0.494 e. The monoisotopic (exact) mass is 522 g/mol. The van der Waals surface area contributed by atoms with Crippen molar-refractivity contribution in [2.45, 2.75) is 135 Å². The second-order valence-corrected chi connectivity index (χ2v) is 15.0. The molecule has 1 saturated heterocycles. The highest BCUT2D eigenvalue weighted by molar-refractivity contribution is 6.73. The average Bonchev–Trinajstić information content (AvgIpc) is 3.57. The number of hydrogen-bond donors (Lipinski definition) is 3. The number of aromatic nitrogens is 1. The zero-order chi connectivity index (χ0) is 26.1. The molecule has 36 heavy (non-hydrogen) atoms. The van der Waals surface area contributed by atoms with Crippen molar-refractivity contribution in [1.82, 2.24) is 9.88 Å². The lowest BCUT2D eigenvalue weighted by atomic mass is 9.95. The van der Waals surface area contributed by atoms with Crippen LogP contribution in [0.5, 0.6) is 11.8 Å². The van der Waals surface area contributed by atoms with Crippen molar-refractivity contribution < 1.29 is 24.2 Å². The molecule has 3 N–H and O–H groups in total. The Hall–Kier alpha value is -1.51. The number of fused-ring (bicyclic) bond motifs is 5. The van der Waals surface area contributed by atoms with Crippen LogP contribution in [0, 0.1) is 0 Å². The molecule has 3 heterocycles. The van der Waals surface area contributed by atoms with Gasteiger partial charge < -0.3 is 24.7 Å². The molecule has 206 valence electrons. The third-order valence-electron chi connectivity index (χ3n) is 8.09. The first-order valence-corrected chi connectivity index (χ1v) is 17.2. The highest BCUT2D eigenvalue weighted by Gasteiger charge is 2.47. The van der Waals surface area contributed by atoms with Crippen LogP contribution in [0.1, 0.15) is 128 Å². The Morgan fingerprint density at radius 3 is 1.89 bits per heavy atom. The van der Waals surface area contributed by atoms with Crippen molar-refractivity contribution in [2.75, 3.05) is 13.2 Å². The number of carbonyl (C=O) groups is 1. The van der Waals surface area contributed by atoms with Gasteiger partial charge in [-0.15, -0.1) is 0 Å². The summed E-state index contributed by atoms with van der Waals surface area (Å²) in [5, 5.41) is 25.5. The first-order valence-electron chi connectivity index (χ1n) is 14.7. The van der Waals surface area contributed by atoms with Crippen molar-refractivity contribution in [3.63, 3.8) is 0 Å². The quantitative estimate of drug-likeness (QED) is 0.142. The summed E-state index contributed by atoms with van der Waals surface area (Å²) < 4.78 is 14.2. The maximum absolute atomic E-state index is 13.5. The molecule has 1 aromatic rings. The Bertz CT molecular complexity index is 787. The SMILES string of the molecule is CCCCCNC(=O)C(CO[Si](CCCC)(CCCC)CCCC)n1c(O)c2c(c1O)[C@H]1CC[C@@H]2O1. The summed E-state index contributed by atoms with van der Waals surface area (Å²) in [5.74, 6) is -0.257. The van der Waals surface area contributed by atoms with Crippen molar-refractivity contribution in [1.29, 1.82) is 0 Å². The molecule has 2 bridgehead atoms. The summed E-state index contributed by atoms with van der Waals surface area (Å²) in [6, 6.07) is 2.51. The Morgan fingerprint density at radius 1 is 0.917 bits per heavy atom. The van der Waals surface area contributed by atoms with E-state index < -0.39 is 14.4 Å². The van der Waals surface area contributed by atoms with Crippen LogP contribution in [0.25, 0.3) is 0 Å². The summed E-state index contributed by atoms with van der Waals surface area (Å²) >= 11 is 0. The number of nitrogens with zero attached hydrogens (tertiary/aromatic N) is 1. The number of amides is 1. The molecule has 0 radical (unpaired) electrons. The van der Waals surface area contributed by atoms with Crippen molar-refractivity contribution in [2.24, 2.45) is 0 Å². The van der Waals surface area contributed by atoms with Gasteiger partial charge in [-0.2, -0.15) is 0 Å². The van der Waals surface area contributed by atoms with Gasteiger partial charge in [-0.05, 0) is 37.4 Å². The predicted molar refractivity (Wildman–Crippen MR) is 146 cm³/mol. The minimum Gasteiger partial charge on any atom is -0.494 e. The van der Waals surface area contributed by atoms with E-state index in [-0.39, 0.29) is 36.5 Å². The fourth-order valence-corrected chi connectivity index (χ4v) is 10.6. The number of ether oxygens (including phenoxy) is 1. The molecule has 2 aliphatic heterocycles. The molecule has 1 fully saturated rings. The van der Waals surface area contributed by atoms with E-state index in [9.17, 15) is 15.0 Å².